The molecular formula is C26H24BrFN4O6. The van der Waals surface area contributed by atoms with E-state index in [2.05, 4.69) is 37.1 Å². The minimum atomic E-state index is -1.09. The third-order valence-electron chi connectivity index (χ3n) is 4.76. The first-order valence-electron chi connectivity index (χ1n) is 11.2. The lowest BCUT2D eigenvalue weighted by Gasteiger charge is -2.13. The monoisotopic (exact) mass is 586 g/mol. The molecule has 0 spiro atoms. The van der Waals surface area contributed by atoms with Gasteiger partial charge >= 0.3 is 11.8 Å². The number of amides is 3. The first-order chi connectivity index (χ1) is 18.3. The van der Waals surface area contributed by atoms with Crippen LogP contribution in [0.1, 0.15) is 12.5 Å². The number of hydrogen-bond donors (Lipinski definition) is 3. The highest BCUT2D eigenvalue weighted by atomic mass is 79.9. The summed E-state index contributed by atoms with van der Waals surface area (Å²) in [6, 6.07) is 15.5. The van der Waals surface area contributed by atoms with Gasteiger partial charge in [0.05, 0.1) is 30.1 Å². The normalized spacial score (nSPS) is 10.5. The van der Waals surface area contributed by atoms with Crippen LogP contribution in [0, 0.1) is 5.82 Å². The van der Waals surface area contributed by atoms with Crippen LogP contribution in [0.5, 0.6) is 17.2 Å². The number of nitrogens with zero attached hydrogens (tertiary/aromatic N) is 1. The van der Waals surface area contributed by atoms with Crippen molar-refractivity contribution in [2.75, 3.05) is 31.0 Å². The van der Waals surface area contributed by atoms with E-state index in [1.54, 1.807) is 36.4 Å². The molecule has 3 rings (SSSR count). The number of methoxy groups -OCH3 is 1. The maximum absolute atomic E-state index is 13.6. The molecule has 0 heterocycles. The summed E-state index contributed by atoms with van der Waals surface area (Å²) in [5, 5.41) is 8.62. The molecule has 3 aromatic carbocycles. The molecule has 0 aromatic heterocycles. The molecule has 0 saturated carbocycles. The van der Waals surface area contributed by atoms with Gasteiger partial charge in [-0.15, -0.1) is 0 Å². The van der Waals surface area contributed by atoms with Crippen LogP contribution >= 0.6 is 15.9 Å². The zero-order valence-electron chi connectivity index (χ0n) is 20.4. The van der Waals surface area contributed by atoms with E-state index >= 15 is 0 Å². The van der Waals surface area contributed by atoms with Crippen LogP contribution in [0.2, 0.25) is 0 Å². The smallest absolute Gasteiger partial charge is 0.329 e. The van der Waals surface area contributed by atoms with Gasteiger partial charge in [0, 0.05) is 5.69 Å². The summed E-state index contributed by atoms with van der Waals surface area (Å²) < 4.78 is 30.5. The molecule has 12 heteroatoms. The first kappa shape index (κ1) is 28.1. The Morgan fingerprint density at radius 2 is 1.74 bits per heavy atom. The fourth-order valence-corrected chi connectivity index (χ4v) is 3.62. The van der Waals surface area contributed by atoms with Gasteiger partial charge in [-0.1, -0.05) is 12.1 Å². The Hall–Kier alpha value is -4.45. The average Bonchev–Trinajstić information content (AvgIpc) is 2.90. The van der Waals surface area contributed by atoms with Crippen LogP contribution in [0.4, 0.5) is 15.8 Å². The lowest BCUT2D eigenvalue weighted by atomic mass is 10.2. The third kappa shape index (κ3) is 8.03. The van der Waals surface area contributed by atoms with E-state index < -0.39 is 17.6 Å². The number of ether oxygens (including phenoxy) is 3. The molecule has 198 valence electrons. The number of hydrogen-bond acceptors (Lipinski definition) is 7. The maximum atomic E-state index is 13.6. The molecular weight excluding hydrogens is 563 g/mol. The molecule has 3 aromatic rings. The number of benzene rings is 3. The van der Waals surface area contributed by atoms with Gasteiger partial charge in [0.15, 0.2) is 18.1 Å². The average molecular weight is 587 g/mol. The van der Waals surface area contributed by atoms with Crippen molar-refractivity contribution in [2.24, 2.45) is 5.10 Å². The molecule has 0 aliphatic rings. The summed E-state index contributed by atoms with van der Waals surface area (Å²) in [5.74, 6) is -1.97. The van der Waals surface area contributed by atoms with Crippen molar-refractivity contribution in [3.63, 3.8) is 0 Å². The topological polar surface area (TPSA) is 127 Å². The van der Waals surface area contributed by atoms with Crippen molar-refractivity contribution in [1.29, 1.82) is 0 Å². The van der Waals surface area contributed by atoms with Crippen LogP contribution in [-0.4, -0.2) is 44.3 Å². The van der Waals surface area contributed by atoms with E-state index in [1.807, 2.05) is 6.92 Å². The second kappa shape index (κ2) is 13.7. The van der Waals surface area contributed by atoms with E-state index in [4.69, 9.17) is 14.2 Å². The van der Waals surface area contributed by atoms with Gasteiger partial charge < -0.3 is 24.8 Å². The van der Waals surface area contributed by atoms with Gasteiger partial charge in [-0.2, -0.15) is 5.10 Å². The number of anilines is 2. The number of nitrogens with one attached hydrogen (secondary N) is 3. The number of hydrazone groups is 1. The molecule has 0 atom stereocenters. The largest absolute Gasteiger partial charge is 0.494 e. The summed E-state index contributed by atoms with van der Waals surface area (Å²) >= 11 is 3.37. The minimum Gasteiger partial charge on any atom is -0.494 e. The minimum absolute atomic E-state index is 0.131. The Balaban J connectivity index is 1.56. The maximum Gasteiger partial charge on any atom is 0.329 e. The molecule has 3 N–H and O–H groups in total. The summed E-state index contributed by atoms with van der Waals surface area (Å²) in [5.41, 5.74) is 3.00. The number of halogens is 2. The fourth-order valence-electron chi connectivity index (χ4n) is 3.05. The number of carbonyl (C=O) groups is 3. The molecule has 0 fully saturated rings. The van der Waals surface area contributed by atoms with Crippen molar-refractivity contribution in [3.8, 4) is 17.2 Å². The molecule has 0 aliphatic carbocycles. The third-order valence-corrected chi connectivity index (χ3v) is 5.35. The number of carbonyl (C=O) groups excluding carboxylic acids is 3. The van der Waals surface area contributed by atoms with Crippen molar-refractivity contribution < 1.29 is 33.0 Å². The summed E-state index contributed by atoms with van der Waals surface area (Å²) in [6.45, 7) is 2.14. The highest BCUT2D eigenvalue weighted by molar-refractivity contribution is 9.10. The van der Waals surface area contributed by atoms with Crippen molar-refractivity contribution >= 4 is 51.2 Å². The van der Waals surface area contributed by atoms with Crippen molar-refractivity contribution in [1.82, 2.24) is 5.43 Å². The van der Waals surface area contributed by atoms with Crippen molar-refractivity contribution in [2.45, 2.75) is 6.92 Å². The molecule has 0 aliphatic heterocycles. The van der Waals surface area contributed by atoms with E-state index in [9.17, 15) is 18.8 Å². The second-order valence-electron chi connectivity index (χ2n) is 7.46. The van der Waals surface area contributed by atoms with Gasteiger partial charge in [0.2, 0.25) is 0 Å². The lowest BCUT2D eigenvalue weighted by molar-refractivity contribution is -0.136. The van der Waals surface area contributed by atoms with Gasteiger partial charge in [-0.25, -0.2) is 9.82 Å². The van der Waals surface area contributed by atoms with Crippen LogP contribution < -0.4 is 30.3 Å². The summed E-state index contributed by atoms with van der Waals surface area (Å²) in [4.78, 5) is 36.2. The molecule has 0 saturated heterocycles. The Morgan fingerprint density at radius 1 is 1.00 bits per heavy atom. The Bertz CT molecular complexity index is 1330. The SMILES string of the molecule is CCOc1ccc(NC(=O)COc2c(Br)cc(/C=N\NC(=O)C(=O)Nc3ccccc3F)cc2OC)cc1. The molecule has 0 bridgehead atoms. The lowest BCUT2D eigenvalue weighted by Crippen LogP contribution is -2.32. The van der Waals surface area contributed by atoms with Gasteiger partial charge in [-0.05, 0) is 76.9 Å². The van der Waals surface area contributed by atoms with Gasteiger partial charge in [0.25, 0.3) is 5.91 Å². The van der Waals surface area contributed by atoms with Crippen LogP contribution in [0.25, 0.3) is 0 Å². The van der Waals surface area contributed by atoms with E-state index in [0.29, 0.717) is 33.8 Å². The first-order valence-corrected chi connectivity index (χ1v) is 12.0. The molecule has 3 amide bonds. The molecule has 0 radical (unpaired) electrons. The number of para-hydroxylation sites is 1. The predicted octanol–water partition coefficient (Wildman–Crippen LogP) is 4.10. The summed E-state index contributed by atoms with van der Waals surface area (Å²) in [6.07, 6.45) is 1.27. The Morgan fingerprint density at radius 3 is 2.42 bits per heavy atom. The standard InChI is InChI=1S/C26H24BrFN4O6/c1-3-37-18-10-8-17(9-11-18)30-23(33)15-38-24-19(27)12-16(13-22(24)36-2)14-29-32-26(35)25(34)31-21-7-5-4-6-20(21)28/h4-14H,3,15H2,1-2H3,(H,30,33)(H,31,34)(H,32,35)/b29-14-. The van der Waals surface area contributed by atoms with Gasteiger partial charge in [0.1, 0.15) is 11.6 Å². The molecule has 38 heavy (non-hydrogen) atoms. The van der Waals surface area contributed by atoms with E-state index in [1.165, 1.54) is 31.5 Å². The van der Waals surface area contributed by atoms with Gasteiger partial charge in [-0.3, -0.25) is 14.4 Å². The predicted molar refractivity (Wildman–Crippen MR) is 143 cm³/mol. The fraction of sp³-hybridized carbons (Fsp3) is 0.154. The van der Waals surface area contributed by atoms with E-state index in [-0.39, 0.29) is 24.0 Å². The van der Waals surface area contributed by atoms with Crippen molar-refractivity contribution in [3.05, 3.63) is 76.5 Å². The molecule has 10 nitrogen and oxygen atoms in total. The Labute approximate surface area is 226 Å². The zero-order chi connectivity index (χ0) is 27.5. The second-order valence-corrected chi connectivity index (χ2v) is 8.32. The quantitative estimate of drug-likeness (QED) is 0.186. The Kier molecular flexibility index (Phi) is 10.2. The zero-order valence-corrected chi connectivity index (χ0v) is 22.0. The van der Waals surface area contributed by atoms with E-state index in [0.717, 1.165) is 6.07 Å². The van der Waals surface area contributed by atoms with Crippen LogP contribution in [-0.2, 0) is 14.4 Å². The van der Waals surface area contributed by atoms with Crippen LogP contribution in [0.15, 0.2) is 70.2 Å². The van der Waals surface area contributed by atoms with Crippen LogP contribution in [0.3, 0.4) is 0 Å². The molecule has 0 unspecified atom stereocenters. The summed E-state index contributed by atoms with van der Waals surface area (Å²) in [7, 11) is 1.42. The highest BCUT2D eigenvalue weighted by Crippen LogP contribution is 2.36. The highest BCUT2D eigenvalue weighted by Gasteiger charge is 2.16. The number of rotatable bonds is 10.